The fourth-order valence-electron chi connectivity index (χ4n) is 4.42. The predicted octanol–water partition coefficient (Wildman–Crippen LogP) is 7.06. The van der Waals surface area contributed by atoms with Crippen LogP contribution < -0.4 is 4.90 Å². The average Bonchev–Trinajstić information content (AvgIpc) is 3.17. The molecular weight excluding hydrogens is 448 g/mol. The van der Waals surface area contributed by atoms with Crippen LogP contribution in [0.1, 0.15) is 23.4 Å². The highest BCUT2D eigenvalue weighted by molar-refractivity contribution is 7.18. The van der Waals surface area contributed by atoms with Crippen LogP contribution in [-0.4, -0.2) is 23.1 Å². The number of aryl methyl sites for hydroxylation is 1. The van der Waals surface area contributed by atoms with Crippen LogP contribution >= 0.6 is 22.9 Å². The zero-order valence-corrected chi connectivity index (χ0v) is 19.2. The van der Waals surface area contributed by atoms with Gasteiger partial charge < -0.3 is 4.90 Å². The van der Waals surface area contributed by atoms with Crippen LogP contribution in [0.25, 0.3) is 21.3 Å². The molecule has 2 aromatic heterocycles. The summed E-state index contributed by atoms with van der Waals surface area (Å²) >= 11 is 7.74. The summed E-state index contributed by atoms with van der Waals surface area (Å²) < 4.78 is 28.4. The van der Waals surface area contributed by atoms with Crippen molar-refractivity contribution in [1.82, 2.24) is 9.97 Å². The molecule has 0 saturated carbocycles. The number of rotatable bonds is 4. The molecule has 32 heavy (non-hydrogen) atoms. The highest BCUT2D eigenvalue weighted by Crippen LogP contribution is 2.35. The molecule has 0 amide bonds. The third kappa shape index (κ3) is 4.34. The van der Waals surface area contributed by atoms with Gasteiger partial charge in [-0.3, -0.25) is 0 Å². The van der Waals surface area contributed by atoms with Gasteiger partial charge in [-0.25, -0.2) is 18.7 Å². The van der Waals surface area contributed by atoms with Crippen LogP contribution in [0.3, 0.4) is 0 Å². The second kappa shape index (κ2) is 8.75. The summed E-state index contributed by atoms with van der Waals surface area (Å²) in [6, 6.07) is 12.1. The van der Waals surface area contributed by atoms with E-state index in [1.54, 1.807) is 23.6 Å². The molecule has 1 fully saturated rings. The fraction of sp³-hybridized carbons (Fsp3) is 0.280. The van der Waals surface area contributed by atoms with E-state index < -0.39 is 11.6 Å². The summed E-state index contributed by atoms with van der Waals surface area (Å²) in [5.74, 6) is -1.11. The van der Waals surface area contributed by atoms with Gasteiger partial charge >= 0.3 is 0 Å². The van der Waals surface area contributed by atoms with Crippen molar-refractivity contribution in [1.29, 1.82) is 0 Å². The van der Waals surface area contributed by atoms with Gasteiger partial charge in [-0.2, -0.15) is 0 Å². The third-order valence-electron chi connectivity index (χ3n) is 6.07. The Bertz CT molecular complexity index is 1280. The second-order valence-electron chi connectivity index (χ2n) is 8.37. The van der Waals surface area contributed by atoms with Gasteiger partial charge in [0.2, 0.25) is 0 Å². The second-order valence-corrected chi connectivity index (χ2v) is 9.87. The lowest BCUT2D eigenvalue weighted by Gasteiger charge is -2.33. The molecule has 0 aliphatic carbocycles. The standard InChI is InChI=1S/C25H22ClF2N3S/c1-15-10-19(17-2-3-20(27)21(28)13-17)25-22(11-15)32-24(30-25)12-16-5-8-31(9-6-16)18-4-7-29-23(26)14-18/h2-4,7,10-11,13-14,16H,5-6,8-9,12H2,1H3. The van der Waals surface area contributed by atoms with Gasteiger partial charge in [0.1, 0.15) is 5.15 Å². The van der Waals surface area contributed by atoms with Crippen LogP contribution in [0, 0.1) is 24.5 Å². The Morgan fingerprint density at radius 3 is 2.62 bits per heavy atom. The van der Waals surface area contributed by atoms with E-state index in [1.165, 1.54) is 12.1 Å². The molecule has 164 valence electrons. The number of benzene rings is 2. The maximum atomic E-state index is 13.8. The molecule has 0 N–H and O–H groups in total. The average molecular weight is 470 g/mol. The molecule has 4 aromatic rings. The number of pyridine rings is 1. The van der Waals surface area contributed by atoms with E-state index in [0.717, 1.165) is 64.4 Å². The van der Waals surface area contributed by atoms with Crippen LogP contribution in [0.4, 0.5) is 14.5 Å². The summed E-state index contributed by atoms with van der Waals surface area (Å²) in [5, 5.41) is 1.62. The molecule has 1 saturated heterocycles. The highest BCUT2D eigenvalue weighted by Gasteiger charge is 2.22. The SMILES string of the molecule is Cc1cc(-c2ccc(F)c(F)c2)c2nc(CC3CCN(c4ccnc(Cl)c4)CC3)sc2c1. The van der Waals surface area contributed by atoms with Gasteiger partial charge in [0, 0.05) is 37.0 Å². The van der Waals surface area contributed by atoms with Crippen molar-refractivity contribution in [3.8, 4) is 11.1 Å². The van der Waals surface area contributed by atoms with Crippen LogP contribution in [0.2, 0.25) is 5.15 Å². The van der Waals surface area contributed by atoms with E-state index in [0.29, 0.717) is 16.6 Å². The first-order chi connectivity index (χ1) is 15.5. The Hall–Kier alpha value is -2.57. The number of thiazole rings is 1. The highest BCUT2D eigenvalue weighted by atomic mass is 35.5. The molecule has 0 bridgehead atoms. The molecule has 0 radical (unpaired) electrons. The molecule has 0 spiro atoms. The first-order valence-corrected chi connectivity index (χ1v) is 11.9. The van der Waals surface area contributed by atoms with Crippen molar-refractivity contribution >= 4 is 38.8 Å². The zero-order chi connectivity index (χ0) is 22.2. The van der Waals surface area contributed by atoms with Crippen LogP contribution in [0.5, 0.6) is 0 Å². The Kier molecular flexibility index (Phi) is 5.82. The van der Waals surface area contributed by atoms with E-state index in [1.807, 2.05) is 25.1 Å². The van der Waals surface area contributed by atoms with Crippen molar-refractivity contribution in [3.63, 3.8) is 0 Å². The smallest absolute Gasteiger partial charge is 0.159 e. The third-order valence-corrected chi connectivity index (χ3v) is 7.30. The molecule has 2 aromatic carbocycles. The molecule has 3 heterocycles. The van der Waals surface area contributed by atoms with Gasteiger partial charge in [0.25, 0.3) is 0 Å². The van der Waals surface area contributed by atoms with E-state index in [9.17, 15) is 8.78 Å². The summed E-state index contributed by atoms with van der Waals surface area (Å²) in [6.07, 6.45) is 4.86. The largest absolute Gasteiger partial charge is 0.371 e. The Morgan fingerprint density at radius 1 is 1.06 bits per heavy atom. The van der Waals surface area contributed by atoms with Crippen molar-refractivity contribution < 1.29 is 8.78 Å². The maximum Gasteiger partial charge on any atom is 0.159 e. The Morgan fingerprint density at radius 2 is 1.88 bits per heavy atom. The lowest BCUT2D eigenvalue weighted by atomic mass is 9.93. The van der Waals surface area contributed by atoms with Gasteiger partial charge in [0.05, 0.1) is 15.2 Å². The number of fused-ring (bicyclic) bond motifs is 1. The minimum atomic E-state index is -0.838. The quantitative estimate of drug-likeness (QED) is 0.300. The monoisotopic (exact) mass is 469 g/mol. The number of aromatic nitrogens is 2. The molecule has 1 aliphatic rings. The molecule has 0 atom stereocenters. The minimum Gasteiger partial charge on any atom is -0.371 e. The van der Waals surface area contributed by atoms with E-state index >= 15 is 0 Å². The summed E-state index contributed by atoms with van der Waals surface area (Å²) in [4.78, 5) is 11.3. The Balaban J connectivity index is 1.35. The molecule has 0 unspecified atom stereocenters. The number of hydrogen-bond donors (Lipinski definition) is 0. The molecule has 5 rings (SSSR count). The number of piperidine rings is 1. The van der Waals surface area contributed by atoms with Crippen molar-refractivity contribution in [2.45, 2.75) is 26.2 Å². The summed E-state index contributed by atoms with van der Waals surface area (Å²) in [7, 11) is 0. The first-order valence-electron chi connectivity index (χ1n) is 10.7. The Labute approximate surface area is 194 Å². The normalized spacial score (nSPS) is 14.9. The van der Waals surface area contributed by atoms with Gasteiger partial charge in [-0.1, -0.05) is 17.7 Å². The molecular formula is C25H22ClF2N3S. The molecule has 1 aliphatic heterocycles. The summed E-state index contributed by atoms with van der Waals surface area (Å²) in [6.45, 7) is 3.98. The van der Waals surface area contributed by atoms with Gasteiger partial charge in [-0.15, -0.1) is 11.3 Å². The lowest BCUT2D eigenvalue weighted by molar-refractivity contribution is 0.403. The molecule has 7 heteroatoms. The molecule has 3 nitrogen and oxygen atoms in total. The van der Waals surface area contributed by atoms with E-state index in [4.69, 9.17) is 16.6 Å². The van der Waals surface area contributed by atoms with Crippen LogP contribution in [0.15, 0.2) is 48.7 Å². The maximum absolute atomic E-state index is 13.8. The topological polar surface area (TPSA) is 29.0 Å². The van der Waals surface area contributed by atoms with E-state index in [-0.39, 0.29) is 0 Å². The number of hydrogen-bond acceptors (Lipinski definition) is 4. The predicted molar refractivity (Wildman–Crippen MR) is 128 cm³/mol. The summed E-state index contributed by atoms with van der Waals surface area (Å²) in [5.41, 5.74) is 4.57. The van der Waals surface area contributed by atoms with Crippen LogP contribution in [-0.2, 0) is 6.42 Å². The number of halogens is 3. The van der Waals surface area contributed by atoms with Crippen molar-refractivity contribution in [2.24, 2.45) is 5.92 Å². The number of anilines is 1. The zero-order valence-electron chi connectivity index (χ0n) is 17.6. The van der Waals surface area contributed by atoms with Gasteiger partial charge in [0.15, 0.2) is 11.6 Å². The lowest BCUT2D eigenvalue weighted by Crippen LogP contribution is -2.34. The first kappa shape index (κ1) is 21.3. The van der Waals surface area contributed by atoms with E-state index in [2.05, 4.69) is 16.0 Å². The van der Waals surface area contributed by atoms with Crippen molar-refractivity contribution in [2.75, 3.05) is 18.0 Å². The van der Waals surface area contributed by atoms with Crippen molar-refractivity contribution in [3.05, 3.63) is 76.0 Å². The minimum absolute atomic E-state index is 0.520. The van der Waals surface area contributed by atoms with Gasteiger partial charge in [-0.05, 0) is 73.2 Å². The fourth-order valence-corrected chi connectivity index (χ4v) is 5.79. The number of nitrogens with zero attached hydrogens (tertiary/aromatic N) is 3.